The van der Waals surface area contributed by atoms with E-state index in [1.807, 2.05) is 24.3 Å². The average molecular weight is 755 g/mol. The molecule has 3 aliphatic rings. The van der Waals surface area contributed by atoms with Gasteiger partial charge in [-0.3, -0.25) is 14.3 Å². The third kappa shape index (κ3) is 7.71. The second-order valence-electron chi connectivity index (χ2n) is 14.8. The first-order valence-electron chi connectivity index (χ1n) is 18.5. The third-order valence-corrected chi connectivity index (χ3v) is 11.9. The zero-order valence-corrected chi connectivity index (χ0v) is 30.8. The number of benzene rings is 2. The number of amides is 3. The molecule has 284 valence electrons. The largest absolute Gasteiger partial charge is 0.418 e. The summed E-state index contributed by atoms with van der Waals surface area (Å²) in [5, 5.41) is 6.16. The summed E-state index contributed by atoms with van der Waals surface area (Å²) < 4.78 is 44.0. The van der Waals surface area contributed by atoms with Crippen molar-refractivity contribution in [3.63, 3.8) is 0 Å². The van der Waals surface area contributed by atoms with Crippen molar-refractivity contribution in [3.8, 4) is 0 Å². The maximum Gasteiger partial charge on any atom is 0.418 e. The summed E-state index contributed by atoms with van der Waals surface area (Å²) in [6.07, 6.45) is 1.82. The van der Waals surface area contributed by atoms with Gasteiger partial charge < -0.3 is 30.3 Å². The van der Waals surface area contributed by atoms with Crippen LogP contribution in [0.25, 0.3) is 21.9 Å². The van der Waals surface area contributed by atoms with Gasteiger partial charge in [-0.05, 0) is 94.3 Å². The quantitative estimate of drug-likeness (QED) is 0.209. The van der Waals surface area contributed by atoms with Gasteiger partial charge in [0.15, 0.2) is 0 Å². The lowest BCUT2D eigenvalue weighted by atomic mass is 9.79. The maximum atomic E-state index is 14.2. The van der Waals surface area contributed by atoms with E-state index >= 15 is 0 Å². The molecule has 3 fully saturated rings. The molecule has 0 unspecified atom stereocenters. The molecule has 11 nitrogen and oxygen atoms in total. The zero-order chi connectivity index (χ0) is 37.4. The Labute approximate surface area is 310 Å². The Hall–Kier alpha value is -4.30. The van der Waals surface area contributed by atoms with Crippen LogP contribution >= 0.6 is 11.6 Å². The van der Waals surface area contributed by atoms with Crippen LogP contribution in [0.5, 0.6) is 0 Å². The number of pyridine rings is 1. The molecule has 0 spiro atoms. The lowest BCUT2D eigenvalue weighted by Gasteiger charge is -2.40. The fraction of sp³-hybridized carbons (Fsp3) is 0.526. The van der Waals surface area contributed by atoms with E-state index in [1.54, 1.807) is 20.6 Å². The van der Waals surface area contributed by atoms with Crippen LogP contribution in [0.4, 0.5) is 23.7 Å². The van der Waals surface area contributed by atoms with E-state index in [2.05, 4.69) is 32.5 Å². The van der Waals surface area contributed by atoms with Crippen LogP contribution in [0.15, 0.2) is 47.4 Å². The Balaban J connectivity index is 1.07. The molecule has 3 amide bonds. The molecule has 3 N–H and O–H groups in total. The van der Waals surface area contributed by atoms with Gasteiger partial charge in [-0.15, -0.1) is 0 Å². The number of hydrogen-bond acceptors (Lipinski definition) is 6. The summed E-state index contributed by atoms with van der Waals surface area (Å²) in [5.41, 5.74) is 0.966. The van der Waals surface area contributed by atoms with Crippen molar-refractivity contribution in [3.05, 3.63) is 69.2 Å². The number of piperidine rings is 3. The van der Waals surface area contributed by atoms with Gasteiger partial charge in [-0.25, -0.2) is 9.59 Å². The van der Waals surface area contributed by atoms with Gasteiger partial charge in [0, 0.05) is 51.1 Å². The fourth-order valence-electron chi connectivity index (χ4n) is 8.66. The van der Waals surface area contributed by atoms with Crippen molar-refractivity contribution in [1.29, 1.82) is 0 Å². The minimum absolute atomic E-state index is 0.119. The number of para-hydroxylation sites is 1. The van der Waals surface area contributed by atoms with Gasteiger partial charge in [-0.2, -0.15) is 13.2 Å². The highest BCUT2D eigenvalue weighted by molar-refractivity contribution is 6.33. The van der Waals surface area contributed by atoms with Gasteiger partial charge in [0.1, 0.15) is 6.04 Å². The second kappa shape index (κ2) is 15.2. The number of imidazole rings is 1. The molecule has 2 aromatic carbocycles. The zero-order valence-electron chi connectivity index (χ0n) is 30.0. The minimum atomic E-state index is -4.68. The van der Waals surface area contributed by atoms with E-state index in [9.17, 15) is 27.6 Å². The molecule has 53 heavy (non-hydrogen) atoms. The van der Waals surface area contributed by atoms with Crippen molar-refractivity contribution in [2.24, 2.45) is 11.8 Å². The van der Waals surface area contributed by atoms with Crippen LogP contribution in [0.1, 0.15) is 55.7 Å². The molecule has 3 saturated heterocycles. The third-order valence-electron chi connectivity index (χ3n) is 11.6. The van der Waals surface area contributed by atoms with Gasteiger partial charge in [-0.1, -0.05) is 29.8 Å². The van der Waals surface area contributed by atoms with E-state index in [-0.39, 0.29) is 40.3 Å². The number of nitrogens with zero attached hydrogens (tertiary/aromatic N) is 5. The highest BCUT2D eigenvalue weighted by Gasteiger charge is 2.37. The number of likely N-dealkylation sites (tertiary alicyclic amines) is 3. The van der Waals surface area contributed by atoms with Gasteiger partial charge >= 0.3 is 17.9 Å². The first-order valence-corrected chi connectivity index (χ1v) is 18.9. The lowest BCUT2D eigenvalue weighted by molar-refractivity contribution is -0.137. The lowest BCUT2D eigenvalue weighted by Crippen LogP contribution is -2.55. The summed E-state index contributed by atoms with van der Waals surface area (Å²) in [5.74, 6) is 0.817. The van der Waals surface area contributed by atoms with E-state index in [1.165, 1.54) is 13.1 Å². The molecular weight excluding hydrogens is 709 g/mol. The first-order chi connectivity index (χ1) is 25.4. The predicted molar refractivity (Wildman–Crippen MR) is 199 cm³/mol. The molecule has 1 atom stereocenters. The molecule has 0 radical (unpaired) electrons. The number of carbonyl (C=O) groups is 2. The summed E-state index contributed by atoms with van der Waals surface area (Å²) in [6, 6.07) is 8.25. The number of hydrogen-bond donors (Lipinski definition) is 3. The Morgan fingerprint density at radius 3 is 2.26 bits per heavy atom. The smallest absolute Gasteiger partial charge is 0.386 e. The molecule has 0 bridgehead atoms. The van der Waals surface area contributed by atoms with Gasteiger partial charge in [0.25, 0.3) is 0 Å². The predicted octanol–water partition coefficient (Wildman–Crippen LogP) is 6.13. The first kappa shape index (κ1) is 37.0. The van der Waals surface area contributed by atoms with Crippen molar-refractivity contribution < 1.29 is 22.8 Å². The second-order valence-corrected chi connectivity index (χ2v) is 15.2. The number of rotatable bonds is 7. The topological polar surface area (TPSA) is 119 Å². The number of anilines is 1. The van der Waals surface area contributed by atoms with Crippen LogP contribution in [-0.4, -0.2) is 101 Å². The number of urea groups is 1. The van der Waals surface area contributed by atoms with E-state index in [0.717, 1.165) is 55.7 Å². The summed E-state index contributed by atoms with van der Waals surface area (Å²) >= 11 is 6.32. The Morgan fingerprint density at radius 2 is 1.60 bits per heavy atom. The molecule has 4 aromatic rings. The molecule has 0 saturated carbocycles. The SMILES string of the molecule is CNc1c(Cl)cc(C[C@@H](NC(=O)N2CCC(n3c(=O)[nH]c4c5ccccc5ncc43)CC2)C(=O)N2CCC(C3CCN(C)CC3)CC2)cc1C(F)(F)F. The van der Waals surface area contributed by atoms with Crippen molar-refractivity contribution in [2.75, 3.05) is 58.7 Å². The van der Waals surface area contributed by atoms with E-state index in [4.69, 9.17) is 11.6 Å². The number of H-pyrrole nitrogens is 1. The van der Waals surface area contributed by atoms with Crippen LogP contribution in [0.3, 0.4) is 0 Å². The number of fused-ring (bicyclic) bond motifs is 3. The van der Waals surface area contributed by atoms with Crippen LogP contribution in [-0.2, 0) is 17.4 Å². The van der Waals surface area contributed by atoms with Crippen molar-refractivity contribution in [1.82, 2.24) is 34.6 Å². The van der Waals surface area contributed by atoms with Crippen molar-refractivity contribution in [2.45, 2.75) is 63.2 Å². The summed E-state index contributed by atoms with van der Waals surface area (Å²) in [7, 11) is 3.50. The highest BCUT2D eigenvalue weighted by Crippen LogP contribution is 2.40. The van der Waals surface area contributed by atoms with E-state index in [0.29, 0.717) is 61.9 Å². The molecular formula is C38H46ClF3N8O3. The number of carbonyl (C=O) groups excluding carboxylic acids is 2. The molecule has 3 aliphatic heterocycles. The molecule has 5 heterocycles. The average Bonchev–Trinajstić information content (AvgIpc) is 3.50. The van der Waals surface area contributed by atoms with Crippen molar-refractivity contribution >= 4 is 51.2 Å². The van der Waals surface area contributed by atoms with E-state index < -0.39 is 23.8 Å². The minimum Gasteiger partial charge on any atom is -0.386 e. The van der Waals surface area contributed by atoms with Gasteiger partial charge in [0.05, 0.1) is 39.0 Å². The number of alkyl halides is 3. The molecule has 15 heteroatoms. The molecule has 7 rings (SSSR count). The maximum absolute atomic E-state index is 14.2. The monoisotopic (exact) mass is 754 g/mol. The summed E-state index contributed by atoms with van der Waals surface area (Å²) in [4.78, 5) is 54.4. The Kier molecular flexibility index (Phi) is 10.6. The molecule has 0 aliphatic carbocycles. The Bertz CT molecular complexity index is 2030. The number of nitrogens with one attached hydrogen (secondary N) is 3. The van der Waals surface area contributed by atoms with Crippen LogP contribution < -0.4 is 16.3 Å². The molecule has 2 aromatic heterocycles. The normalized spacial score (nSPS) is 19.2. The fourth-order valence-corrected chi connectivity index (χ4v) is 8.99. The number of aromatic nitrogens is 3. The van der Waals surface area contributed by atoms with Crippen LogP contribution in [0, 0.1) is 11.8 Å². The highest BCUT2D eigenvalue weighted by atomic mass is 35.5. The van der Waals surface area contributed by atoms with Gasteiger partial charge in [0.2, 0.25) is 5.91 Å². The van der Waals surface area contributed by atoms with Crippen LogP contribution in [0.2, 0.25) is 5.02 Å². The Morgan fingerprint density at radius 1 is 0.962 bits per heavy atom. The number of aromatic amines is 1. The number of halogens is 4. The summed E-state index contributed by atoms with van der Waals surface area (Å²) in [6.45, 7) is 3.84. The standard InChI is InChI=1S/C38H46ClF3N8O3/c1-43-34-28(38(40,41)42)19-23(20-29(34)39)21-31(35(51)48-15-9-25(10-16-48)24-7-13-47(2)14-8-24)45-36(52)49-17-11-26(12-18-49)50-32-22-44-30-6-4-3-5-27(30)33(32)46-37(50)53/h3-6,19-20,22,24-26,31,43H,7-18,21H2,1-2H3,(H,45,52)(H,46,53)/t31-/m1/s1.